The molecule has 0 aromatic carbocycles. The van der Waals surface area contributed by atoms with E-state index in [-0.39, 0.29) is 11.9 Å². The van der Waals surface area contributed by atoms with Crippen molar-refractivity contribution < 1.29 is 4.79 Å². The number of aromatic nitrogens is 2. The van der Waals surface area contributed by atoms with Gasteiger partial charge in [-0.2, -0.15) is 0 Å². The molecule has 1 aromatic heterocycles. The second kappa shape index (κ2) is 5.12. The first-order valence-corrected chi connectivity index (χ1v) is 5.74. The molecule has 1 aliphatic rings. The third-order valence-corrected chi connectivity index (χ3v) is 2.97. The van der Waals surface area contributed by atoms with E-state index in [1.54, 1.807) is 6.20 Å². The van der Waals surface area contributed by atoms with Crippen LogP contribution in [0.15, 0.2) is 12.4 Å². The maximum Gasteiger partial charge on any atom is 0.237 e. The molecular formula is C11H18N4O. The van der Waals surface area contributed by atoms with Crippen molar-refractivity contribution in [3.05, 3.63) is 18.2 Å². The summed E-state index contributed by atoms with van der Waals surface area (Å²) in [5, 5.41) is 6.14. The number of carbonyl (C=O) groups is 1. The average molecular weight is 222 g/mol. The first kappa shape index (κ1) is 11.1. The molecule has 1 saturated heterocycles. The highest BCUT2D eigenvalue weighted by Crippen LogP contribution is 2.06. The van der Waals surface area contributed by atoms with E-state index in [9.17, 15) is 4.79 Å². The van der Waals surface area contributed by atoms with Crippen molar-refractivity contribution >= 4 is 5.91 Å². The van der Waals surface area contributed by atoms with Crippen LogP contribution < -0.4 is 10.6 Å². The zero-order valence-electron chi connectivity index (χ0n) is 9.57. The molecule has 0 aliphatic carbocycles. The lowest BCUT2D eigenvalue weighted by atomic mass is 10.0. The van der Waals surface area contributed by atoms with E-state index in [4.69, 9.17) is 0 Å². The molecule has 0 saturated carbocycles. The van der Waals surface area contributed by atoms with E-state index < -0.39 is 0 Å². The van der Waals surface area contributed by atoms with E-state index in [0.717, 1.165) is 25.2 Å². The topological polar surface area (TPSA) is 59.0 Å². The molecule has 2 rings (SSSR count). The fourth-order valence-electron chi connectivity index (χ4n) is 1.93. The van der Waals surface area contributed by atoms with Gasteiger partial charge in [0.2, 0.25) is 5.91 Å². The molecule has 5 nitrogen and oxygen atoms in total. The van der Waals surface area contributed by atoms with Crippen LogP contribution in [0.3, 0.4) is 0 Å². The van der Waals surface area contributed by atoms with E-state index in [1.165, 1.54) is 6.42 Å². The van der Waals surface area contributed by atoms with Crippen LogP contribution in [-0.2, 0) is 18.4 Å². The Morgan fingerprint density at radius 2 is 2.56 bits per heavy atom. The van der Waals surface area contributed by atoms with Crippen LogP contribution >= 0.6 is 0 Å². The second-order valence-corrected chi connectivity index (χ2v) is 4.17. The summed E-state index contributed by atoms with van der Waals surface area (Å²) in [6.07, 6.45) is 6.85. The van der Waals surface area contributed by atoms with Gasteiger partial charge in [-0.1, -0.05) is 6.42 Å². The van der Waals surface area contributed by atoms with Gasteiger partial charge >= 0.3 is 0 Å². The lowest BCUT2D eigenvalue weighted by Gasteiger charge is -2.22. The third kappa shape index (κ3) is 2.61. The zero-order valence-corrected chi connectivity index (χ0v) is 9.57. The van der Waals surface area contributed by atoms with Gasteiger partial charge in [0.25, 0.3) is 0 Å². The third-order valence-electron chi connectivity index (χ3n) is 2.97. The van der Waals surface area contributed by atoms with Crippen LogP contribution in [-0.4, -0.2) is 28.0 Å². The minimum absolute atomic E-state index is 0.0194. The summed E-state index contributed by atoms with van der Waals surface area (Å²) in [7, 11) is 1.92. The molecule has 1 amide bonds. The molecule has 1 unspecified atom stereocenters. The number of piperidine rings is 1. The van der Waals surface area contributed by atoms with Gasteiger partial charge in [0, 0.05) is 19.4 Å². The maximum absolute atomic E-state index is 11.8. The van der Waals surface area contributed by atoms with Crippen molar-refractivity contribution in [2.75, 3.05) is 6.54 Å². The lowest BCUT2D eigenvalue weighted by Crippen LogP contribution is -2.46. The van der Waals surface area contributed by atoms with Crippen molar-refractivity contribution in [1.82, 2.24) is 20.2 Å². The highest BCUT2D eigenvalue weighted by atomic mass is 16.2. The molecule has 1 aliphatic heterocycles. The molecule has 5 heteroatoms. The van der Waals surface area contributed by atoms with E-state index in [0.29, 0.717) is 6.54 Å². The van der Waals surface area contributed by atoms with Gasteiger partial charge in [0.05, 0.1) is 12.6 Å². The lowest BCUT2D eigenvalue weighted by molar-refractivity contribution is -0.123. The van der Waals surface area contributed by atoms with Crippen LogP contribution in [0.4, 0.5) is 0 Å². The van der Waals surface area contributed by atoms with Crippen molar-refractivity contribution in [2.24, 2.45) is 7.05 Å². The monoisotopic (exact) mass is 222 g/mol. The normalized spacial score (nSPS) is 20.7. The van der Waals surface area contributed by atoms with Gasteiger partial charge in [-0.05, 0) is 19.4 Å². The Morgan fingerprint density at radius 1 is 1.69 bits per heavy atom. The van der Waals surface area contributed by atoms with Crippen LogP contribution in [0.1, 0.15) is 25.1 Å². The molecular weight excluding hydrogens is 204 g/mol. The number of hydrogen-bond acceptors (Lipinski definition) is 3. The largest absolute Gasteiger partial charge is 0.348 e. The number of rotatable bonds is 3. The van der Waals surface area contributed by atoms with Crippen LogP contribution in [0.25, 0.3) is 0 Å². The summed E-state index contributed by atoms with van der Waals surface area (Å²) >= 11 is 0. The smallest absolute Gasteiger partial charge is 0.237 e. The van der Waals surface area contributed by atoms with Crippen LogP contribution in [0.2, 0.25) is 0 Å². The van der Waals surface area contributed by atoms with Gasteiger partial charge in [-0.15, -0.1) is 0 Å². The summed E-state index contributed by atoms with van der Waals surface area (Å²) in [6.45, 7) is 1.45. The molecule has 0 spiro atoms. The number of nitrogens with one attached hydrogen (secondary N) is 2. The summed E-state index contributed by atoms with van der Waals surface area (Å²) in [5.41, 5.74) is 0. The first-order valence-electron chi connectivity index (χ1n) is 5.74. The van der Waals surface area contributed by atoms with E-state index >= 15 is 0 Å². The van der Waals surface area contributed by atoms with Gasteiger partial charge < -0.3 is 15.2 Å². The molecule has 2 heterocycles. The minimum atomic E-state index is -0.0194. The highest BCUT2D eigenvalue weighted by Gasteiger charge is 2.20. The van der Waals surface area contributed by atoms with E-state index in [1.807, 2.05) is 17.8 Å². The summed E-state index contributed by atoms with van der Waals surface area (Å²) in [6, 6.07) is -0.0194. The Morgan fingerprint density at radius 3 is 3.19 bits per heavy atom. The van der Waals surface area contributed by atoms with E-state index in [2.05, 4.69) is 15.6 Å². The van der Waals surface area contributed by atoms with Gasteiger partial charge in [0.1, 0.15) is 5.82 Å². The highest BCUT2D eigenvalue weighted by molar-refractivity contribution is 5.81. The fraction of sp³-hybridized carbons (Fsp3) is 0.636. The quantitative estimate of drug-likeness (QED) is 0.767. The second-order valence-electron chi connectivity index (χ2n) is 4.17. The Hall–Kier alpha value is -1.36. The Bertz CT molecular complexity index is 355. The Balaban J connectivity index is 1.81. The molecule has 0 bridgehead atoms. The van der Waals surface area contributed by atoms with Crippen molar-refractivity contribution in [2.45, 2.75) is 31.8 Å². The van der Waals surface area contributed by atoms with Gasteiger partial charge in [-0.3, -0.25) is 4.79 Å². The molecule has 88 valence electrons. The number of nitrogens with zero attached hydrogens (tertiary/aromatic N) is 2. The minimum Gasteiger partial charge on any atom is -0.348 e. The fourth-order valence-corrected chi connectivity index (χ4v) is 1.93. The summed E-state index contributed by atoms with van der Waals surface area (Å²) in [4.78, 5) is 16.0. The zero-order chi connectivity index (χ0) is 11.4. The molecule has 1 atom stereocenters. The first-order chi connectivity index (χ1) is 7.77. The predicted molar refractivity (Wildman–Crippen MR) is 60.7 cm³/mol. The summed E-state index contributed by atoms with van der Waals surface area (Å²) in [5.74, 6) is 0.965. The molecule has 0 radical (unpaired) electrons. The number of amides is 1. The van der Waals surface area contributed by atoms with Crippen molar-refractivity contribution in [1.29, 1.82) is 0 Å². The molecule has 1 aromatic rings. The standard InChI is InChI=1S/C11H18N4O/c1-15-7-6-13-10(15)8-14-11(16)9-4-2-3-5-12-9/h6-7,9,12H,2-5,8H2,1H3,(H,14,16). The number of hydrogen-bond donors (Lipinski definition) is 2. The summed E-state index contributed by atoms with van der Waals surface area (Å²) < 4.78 is 1.91. The number of imidazole rings is 1. The number of carbonyl (C=O) groups excluding carboxylic acids is 1. The van der Waals surface area contributed by atoms with Crippen LogP contribution in [0, 0.1) is 0 Å². The van der Waals surface area contributed by atoms with Crippen molar-refractivity contribution in [3.8, 4) is 0 Å². The average Bonchev–Trinajstić information content (AvgIpc) is 2.73. The molecule has 16 heavy (non-hydrogen) atoms. The maximum atomic E-state index is 11.8. The van der Waals surface area contributed by atoms with Crippen LogP contribution in [0.5, 0.6) is 0 Å². The Labute approximate surface area is 95.2 Å². The Kier molecular flexibility index (Phi) is 3.56. The molecule has 2 N–H and O–H groups in total. The van der Waals surface area contributed by atoms with Gasteiger partial charge in [-0.25, -0.2) is 4.98 Å². The number of aryl methyl sites for hydroxylation is 1. The van der Waals surface area contributed by atoms with Gasteiger partial charge in [0.15, 0.2) is 0 Å². The predicted octanol–water partition coefficient (Wildman–Crippen LogP) is 0.178. The SMILES string of the molecule is Cn1ccnc1CNC(=O)C1CCCCN1. The van der Waals surface area contributed by atoms with Crippen molar-refractivity contribution in [3.63, 3.8) is 0 Å². The molecule has 1 fully saturated rings.